The van der Waals surface area contributed by atoms with Crippen LogP contribution in [0.15, 0.2) is 12.3 Å². The number of aromatic amines is 1. The van der Waals surface area contributed by atoms with E-state index < -0.39 is 0 Å². The van der Waals surface area contributed by atoms with Gasteiger partial charge >= 0.3 is 0 Å². The maximum atomic E-state index is 4.25. The Bertz CT molecular complexity index is 425. The van der Waals surface area contributed by atoms with Crippen molar-refractivity contribution < 1.29 is 0 Å². The number of nitrogens with one attached hydrogen (secondary N) is 1. The fourth-order valence-corrected chi connectivity index (χ4v) is 1.38. The molecule has 2 heterocycles. The van der Waals surface area contributed by atoms with Crippen molar-refractivity contribution in [3.8, 4) is 11.5 Å². The van der Waals surface area contributed by atoms with Crippen LogP contribution in [0.4, 0.5) is 0 Å². The Balaban J connectivity index is 2.51. The Kier molecular flexibility index (Phi) is 1.69. The van der Waals surface area contributed by atoms with Crippen LogP contribution in [0, 0.1) is 13.8 Å². The molecule has 0 amide bonds. The van der Waals surface area contributed by atoms with Crippen LogP contribution in [0.3, 0.4) is 0 Å². The molecule has 0 saturated carbocycles. The summed E-state index contributed by atoms with van der Waals surface area (Å²) in [4.78, 5) is 7.42. The third kappa shape index (κ3) is 1.35. The molecular weight excluding hydrogens is 164 g/mol. The highest BCUT2D eigenvalue weighted by Crippen LogP contribution is 2.15. The highest BCUT2D eigenvalue weighted by atomic mass is 15.3. The fourth-order valence-electron chi connectivity index (χ4n) is 1.38. The summed E-state index contributed by atoms with van der Waals surface area (Å²) in [7, 11) is 1.92. The van der Waals surface area contributed by atoms with Crippen LogP contribution in [-0.2, 0) is 7.05 Å². The molecule has 0 aromatic carbocycles. The summed E-state index contributed by atoms with van der Waals surface area (Å²) >= 11 is 0. The molecule has 0 aliphatic carbocycles. The lowest BCUT2D eigenvalue weighted by molar-refractivity contribution is 0.760. The first-order chi connectivity index (χ1) is 6.16. The quantitative estimate of drug-likeness (QED) is 0.714. The van der Waals surface area contributed by atoms with Gasteiger partial charge in [-0.25, -0.2) is 4.98 Å². The van der Waals surface area contributed by atoms with Crippen molar-refractivity contribution in [1.29, 1.82) is 0 Å². The van der Waals surface area contributed by atoms with E-state index in [4.69, 9.17) is 0 Å². The zero-order chi connectivity index (χ0) is 9.42. The molecule has 13 heavy (non-hydrogen) atoms. The zero-order valence-corrected chi connectivity index (χ0v) is 8.00. The lowest BCUT2D eigenvalue weighted by atomic mass is 10.3. The van der Waals surface area contributed by atoms with Crippen LogP contribution in [0.2, 0.25) is 0 Å². The molecular formula is C9H12N4. The van der Waals surface area contributed by atoms with Gasteiger partial charge in [0.05, 0.1) is 5.69 Å². The highest BCUT2D eigenvalue weighted by molar-refractivity contribution is 5.50. The van der Waals surface area contributed by atoms with E-state index >= 15 is 0 Å². The minimum atomic E-state index is 0.876. The number of hydrogen-bond donors (Lipinski definition) is 1. The van der Waals surface area contributed by atoms with E-state index in [-0.39, 0.29) is 0 Å². The fraction of sp³-hybridized carbons (Fsp3) is 0.333. The van der Waals surface area contributed by atoms with Crippen molar-refractivity contribution in [1.82, 2.24) is 19.7 Å². The van der Waals surface area contributed by atoms with Crippen molar-refractivity contribution in [3.63, 3.8) is 0 Å². The van der Waals surface area contributed by atoms with E-state index in [1.165, 1.54) is 0 Å². The van der Waals surface area contributed by atoms with E-state index in [9.17, 15) is 0 Å². The topological polar surface area (TPSA) is 46.5 Å². The minimum absolute atomic E-state index is 0.876. The maximum Gasteiger partial charge on any atom is 0.155 e. The number of H-pyrrole nitrogens is 1. The molecule has 0 radical (unpaired) electrons. The largest absolute Gasteiger partial charge is 0.341 e. The average Bonchev–Trinajstić information content (AvgIpc) is 2.58. The number of hydrogen-bond acceptors (Lipinski definition) is 2. The van der Waals surface area contributed by atoms with E-state index in [1.807, 2.05) is 37.8 Å². The van der Waals surface area contributed by atoms with Crippen molar-refractivity contribution in [2.75, 3.05) is 0 Å². The first kappa shape index (κ1) is 8.04. The number of aryl methyl sites for hydroxylation is 3. The molecule has 0 aliphatic rings. The van der Waals surface area contributed by atoms with Crippen LogP contribution in [-0.4, -0.2) is 19.7 Å². The van der Waals surface area contributed by atoms with Crippen molar-refractivity contribution >= 4 is 0 Å². The van der Waals surface area contributed by atoms with Gasteiger partial charge in [-0.2, -0.15) is 5.10 Å². The predicted molar refractivity (Wildman–Crippen MR) is 50.3 cm³/mol. The van der Waals surface area contributed by atoms with Gasteiger partial charge in [-0.15, -0.1) is 0 Å². The second-order valence-corrected chi connectivity index (χ2v) is 3.21. The molecule has 0 saturated heterocycles. The number of nitrogens with zero attached hydrogens (tertiary/aromatic N) is 3. The lowest BCUT2D eigenvalue weighted by Gasteiger charge is -1.95. The SMILES string of the molecule is Cc1cc(-c2ncc(C)[nH]2)n(C)n1. The van der Waals surface area contributed by atoms with E-state index in [1.54, 1.807) is 0 Å². The molecule has 0 spiro atoms. The standard InChI is InChI=1S/C9H12N4/c1-6-4-8(13(3)12-6)9-10-5-7(2)11-9/h4-5H,1-3H3,(H,10,11). The van der Waals surface area contributed by atoms with Gasteiger partial charge in [0, 0.05) is 18.9 Å². The normalized spacial score (nSPS) is 10.7. The van der Waals surface area contributed by atoms with Gasteiger partial charge in [0.15, 0.2) is 5.82 Å². The molecule has 1 N–H and O–H groups in total. The molecule has 0 fully saturated rings. The van der Waals surface area contributed by atoms with E-state index in [0.29, 0.717) is 0 Å². The molecule has 2 aromatic heterocycles. The Morgan fingerprint density at radius 3 is 2.62 bits per heavy atom. The van der Waals surface area contributed by atoms with Crippen molar-refractivity contribution in [2.45, 2.75) is 13.8 Å². The number of aromatic nitrogens is 4. The summed E-state index contributed by atoms with van der Waals surface area (Å²) in [5.74, 6) is 0.876. The molecule has 68 valence electrons. The van der Waals surface area contributed by atoms with Gasteiger partial charge in [-0.05, 0) is 19.9 Å². The van der Waals surface area contributed by atoms with Crippen molar-refractivity contribution in [2.24, 2.45) is 7.05 Å². The van der Waals surface area contributed by atoms with Gasteiger partial charge in [0.1, 0.15) is 5.69 Å². The number of imidazole rings is 1. The monoisotopic (exact) mass is 176 g/mol. The Hall–Kier alpha value is -1.58. The Morgan fingerprint density at radius 2 is 2.15 bits per heavy atom. The molecule has 0 unspecified atom stereocenters. The van der Waals surface area contributed by atoms with Crippen LogP contribution in [0.5, 0.6) is 0 Å². The Labute approximate surface area is 76.6 Å². The molecule has 2 aromatic rings. The van der Waals surface area contributed by atoms with Gasteiger partial charge in [0.2, 0.25) is 0 Å². The van der Waals surface area contributed by atoms with Gasteiger partial charge in [-0.3, -0.25) is 4.68 Å². The maximum absolute atomic E-state index is 4.25. The van der Waals surface area contributed by atoms with Crippen LogP contribution >= 0.6 is 0 Å². The van der Waals surface area contributed by atoms with Gasteiger partial charge < -0.3 is 4.98 Å². The summed E-state index contributed by atoms with van der Waals surface area (Å²) in [5.41, 5.74) is 3.09. The smallest absolute Gasteiger partial charge is 0.155 e. The van der Waals surface area contributed by atoms with Crippen molar-refractivity contribution in [3.05, 3.63) is 23.7 Å². The minimum Gasteiger partial charge on any atom is -0.341 e. The summed E-state index contributed by atoms with van der Waals surface area (Å²) in [6, 6.07) is 2.01. The van der Waals surface area contributed by atoms with Crippen LogP contribution in [0.25, 0.3) is 11.5 Å². The molecule has 0 aliphatic heterocycles. The predicted octanol–water partition coefficient (Wildman–Crippen LogP) is 1.43. The second kappa shape index (κ2) is 2.73. The summed E-state index contributed by atoms with van der Waals surface area (Å²) in [6.07, 6.45) is 1.82. The second-order valence-electron chi connectivity index (χ2n) is 3.21. The molecule has 0 atom stereocenters. The molecule has 0 bridgehead atoms. The third-order valence-electron chi connectivity index (χ3n) is 1.95. The third-order valence-corrected chi connectivity index (χ3v) is 1.95. The molecule has 2 rings (SSSR count). The molecule has 4 heteroatoms. The summed E-state index contributed by atoms with van der Waals surface area (Å²) in [5, 5.41) is 4.25. The first-order valence-electron chi connectivity index (χ1n) is 4.19. The van der Waals surface area contributed by atoms with Gasteiger partial charge in [-0.1, -0.05) is 0 Å². The van der Waals surface area contributed by atoms with E-state index in [0.717, 1.165) is 22.9 Å². The summed E-state index contributed by atoms with van der Waals surface area (Å²) < 4.78 is 1.83. The Morgan fingerprint density at radius 1 is 1.38 bits per heavy atom. The number of rotatable bonds is 1. The average molecular weight is 176 g/mol. The highest BCUT2D eigenvalue weighted by Gasteiger charge is 2.07. The summed E-state index contributed by atoms with van der Waals surface area (Å²) in [6.45, 7) is 3.96. The lowest BCUT2D eigenvalue weighted by Crippen LogP contribution is -1.94. The first-order valence-corrected chi connectivity index (χ1v) is 4.19. The van der Waals surface area contributed by atoms with Gasteiger partial charge in [0.25, 0.3) is 0 Å². The van der Waals surface area contributed by atoms with Crippen LogP contribution < -0.4 is 0 Å². The molecule has 4 nitrogen and oxygen atoms in total. The van der Waals surface area contributed by atoms with Crippen LogP contribution in [0.1, 0.15) is 11.4 Å². The van der Waals surface area contributed by atoms with E-state index in [2.05, 4.69) is 15.1 Å². The zero-order valence-electron chi connectivity index (χ0n) is 8.00.